The smallest absolute Gasteiger partial charge is 0.266 e. The lowest BCUT2D eigenvalue weighted by Crippen LogP contribution is -2.27. The van der Waals surface area contributed by atoms with Crippen LogP contribution in [0.15, 0.2) is 39.7 Å². The Balaban J connectivity index is 2.03. The average Bonchev–Trinajstić information content (AvgIpc) is 2.95. The highest BCUT2D eigenvalue weighted by Crippen LogP contribution is 2.33. The van der Waals surface area contributed by atoms with Crippen LogP contribution in [-0.4, -0.2) is 26.2 Å². The molecule has 0 spiro atoms. The van der Waals surface area contributed by atoms with Crippen LogP contribution < -0.4 is 0 Å². The van der Waals surface area contributed by atoms with Crippen molar-refractivity contribution in [1.29, 1.82) is 0 Å². The summed E-state index contributed by atoms with van der Waals surface area (Å²) in [6.45, 7) is 6.69. The third-order valence-corrected chi connectivity index (χ3v) is 5.88. The highest BCUT2D eigenvalue weighted by Gasteiger charge is 2.30. The molecule has 1 aromatic carbocycles. The second-order valence-corrected chi connectivity index (χ2v) is 8.16. The van der Waals surface area contributed by atoms with Crippen molar-refractivity contribution >= 4 is 56.2 Å². The maximum Gasteiger partial charge on any atom is 0.266 e. The van der Waals surface area contributed by atoms with Gasteiger partial charge in [-0.2, -0.15) is 0 Å². The van der Waals surface area contributed by atoms with Crippen molar-refractivity contribution in [3.63, 3.8) is 0 Å². The molecule has 0 unspecified atom stereocenters. The summed E-state index contributed by atoms with van der Waals surface area (Å²) in [7, 11) is 0. The highest BCUT2D eigenvalue weighted by atomic mass is 79.9. The summed E-state index contributed by atoms with van der Waals surface area (Å²) in [5.41, 5.74) is 4.37. The van der Waals surface area contributed by atoms with Gasteiger partial charge in [0.25, 0.3) is 5.91 Å². The zero-order chi connectivity index (χ0) is 17.4. The number of carbonyl (C=O) groups excluding carboxylic acids is 1. The van der Waals surface area contributed by atoms with Crippen LogP contribution in [0.5, 0.6) is 0 Å². The molecule has 24 heavy (non-hydrogen) atoms. The minimum Gasteiger partial charge on any atom is -0.318 e. The Morgan fingerprint density at radius 2 is 2.04 bits per heavy atom. The van der Waals surface area contributed by atoms with E-state index in [0.29, 0.717) is 15.8 Å². The molecule has 1 fully saturated rings. The van der Waals surface area contributed by atoms with E-state index in [1.165, 1.54) is 11.8 Å². The van der Waals surface area contributed by atoms with Gasteiger partial charge in [0.05, 0.1) is 4.91 Å². The molecule has 2 aromatic rings. The van der Waals surface area contributed by atoms with Crippen LogP contribution in [0.25, 0.3) is 11.8 Å². The van der Waals surface area contributed by atoms with Crippen molar-refractivity contribution in [3.8, 4) is 5.69 Å². The standard InChI is InChI=1S/C18H17BrN2OS2/c1-4-20-17(22)16(24-18(20)23)9-13-8-11(2)21(12(13)3)15-7-5-6-14(19)10-15/h5-10H,4H2,1-3H3. The average molecular weight is 421 g/mol. The predicted molar refractivity (Wildman–Crippen MR) is 108 cm³/mol. The van der Waals surface area contributed by atoms with E-state index in [-0.39, 0.29) is 5.91 Å². The van der Waals surface area contributed by atoms with E-state index in [9.17, 15) is 4.79 Å². The van der Waals surface area contributed by atoms with Gasteiger partial charge in [-0.05, 0) is 56.7 Å². The molecular weight excluding hydrogens is 404 g/mol. The summed E-state index contributed by atoms with van der Waals surface area (Å²) in [6, 6.07) is 10.3. The number of thioether (sulfide) groups is 1. The van der Waals surface area contributed by atoms with Crippen LogP contribution in [-0.2, 0) is 4.79 Å². The molecule has 1 aliphatic heterocycles. The van der Waals surface area contributed by atoms with Gasteiger partial charge in [0.1, 0.15) is 4.32 Å². The molecule has 1 saturated heterocycles. The quantitative estimate of drug-likeness (QED) is 0.511. The summed E-state index contributed by atoms with van der Waals surface area (Å²) in [4.78, 5) is 14.7. The number of nitrogens with zero attached hydrogens (tertiary/aromatic N) is 2. The van der Waals surface area contributed by atoms with Crippen molar-refractivity contribution in [3.05, 3.63) is 56.7 Å². The molecule has 124 valence electrons. The van der Waals surface area contributed by atoms with Crippen LogP contribution in [0.3, 0.4) is 0 Å². The van der Waals surface area contributed by atoms with Gasteiger partial charge in [-0.1, -0.05) is 46.0 Å². The van der Waals surface area contributed by atoms with Crippen LogP contribution in [0.2, 0.25) is 0 Å². The van der Waals surface area contributed by atoms with E-state index in [2.05, 4.69) is 52.5 Å². The molecule has 1 amide bonds. The predicted octanol–water partition coefficient (Wildman–Crippen LogP) is 5.08. The zero-order valence-corrected chi connectivity index (χ0v) is 16.9. The van der Waals surface area contributed by atoms with Crippen molar-refractivity contribution < 1.29 is 4.79 Å². The number of carbonyl (C=O) groups is 1. The maximum absolute atomic E-state index is 12.4. The molecular formula is C18H17BrN2OS2. The van der Waals surface area contributed by atoms with Gasteiger partial charge in [0.2, 0.25) is 0 Å². The lowest BCUT2D eigenvalue weighted by atomic mass is 10.2. The number of hydrogen-bond acceptors (Lipinski definition) is 3. The fourth-order valence-electron chi connectivity index (χ4n) is 2.86. The molecule has 3 rings (SSSR count). The van der Waals surface area contributed by atoms with Gasteiger partial charge in [0, 0.05) is 28.1 Å². The van der Waals surface area contributed by atoms with Crippen molar-refractivity contribution in [2.75, 3.05) is 6.54 Å². The Morgan fingerprint density at radius 3 is 2.67 bits per heavy atom. The van der Waals surface area contributed by atoms with Crippen LogP contribution in [0.4, 0.5) is 0 Å². The first-order valence-electron chi connectivity index (χ1n) is 7.62. The minimum atomic E-state index is -0.000224. The lowest BCUT2D eigenvalue weighted by Gasteiger charge is -2.10. The van der Waals surface area contributed by atoms with E-state index in [4.69, 9.17) is 12.2 Å². The maximum atomic E-state index is 12.4. The highest BCUT2D eigenvalue weighted by molar-refractivity contribution is 9.10. The molecule has 0 N–H and O–H groups in total. The number of benzene rings is 1. The summed E-state index contributed by atoms with van der Waals surface area (Å²) < 4.78 is 3.87. The Morgan fingerprint density at radius 1 is 1.29 bits per heavy atom. The van der Waals surface area contributed by atoms with Gasteiger partial charge >= 0.3 is 0 Å². The van der Waals surface area contributed by atoms with Crippen LogP contribution in [0, 0.1) is 13.8 Å². The van der Waals surface area contributed by atoms with Gasteiger partial charge in [-0.3, -0.25) is 9.69 Å². The van der Waals surface area contributed by atoms with Crippen LogP contribution >= 0.6 is 39.9 Å². The van der Waals surface area contributed by atoms with Crippen molar-refractivity contribution in [2.24, 2.45) is 0 Å². The number of hydrogen-bond donors (Lipinski definition) is 0. The lowest BCUT2D eigenvalue weighted by molar-refractivity contribution is -0.121. The molecule has 6 heteroatoms. The van der Waals surface area contributed by atoms with E-state index in [0.717, 1.165) is 27.1 Å². The monoisotopic (exact) mass is 420 g/mol. The molecule has 0 radical (unpaired) electrons. The van der Waals surface area contributed by atoms with Gasteiger partial charge in [-0.25, -0.2) is 0 Å². The first kappa shape index (κ1) is 17.5. The van der Waals surface area contributed by atoms with Gasteiger partial charge < -0.3 is 4.57 Å². The van der Waals surface area contributed by atoms with Crippen molar-refractivity contribution in [2.45, 2.75) is 20.8 Å². The summed E-state index contributed by atoms with van der Waals surface area (Å²) in [6.07, 6.45) is 1.95. The summed E-state index contributed by atoms with van der Waals surface area (Å²) >= 11 is 10.2. The third-order valence-electron chi connectivity index (χ3n) is 4.01. The normalized spacial score (nSPS) is 16.5. The second kappa shape index (κ2) is 6.86. The summed E-state index contributed by atoms with van der Waals surface area (Å²) in [5.74, 6) is -0.000224. The SMILES string of the molecule is CCN1C(=O)C(=Cc2cc(C)n(-c3cccc(Br)c3)c2C)SC1=S. The number of amides is 1. The molecule has 2 heterocycles. The molecule has 0 saturated carbocycles. The second-order valence-electron chi connectivity index (χ2n) is 5.57. The van der Waals surface area contributed by atoms with Crippen LogP contribution in [0.1, 0.15) is 23.9 Å². The number of aryl methyl sites for hydroxylation is 1. The first-order chi connectivity index (χ1) is 11.4. The fourth-order valence-corrected chi connectivity index (χ4v) is 4.62. The van der Waals surface area contributed by atoms with E-state index in [1.807, 2.05) is 25.1 Å². The summed E-state index contributed by atoms with van der Waals surface area (Å²) in [5, 5.41) is 0. The van der Waals surface area contributed by atoms with Gasteiger partial charge in [-0.15, -0.1) is 0 Å². The molecule has 0 aliphatic carbocycles. The molecule has 1 aromatic heterocycles. The van der Waals surface area contributed by atoms with E-state index < -0.39 is 0 Å². The minimum absolute atomic E-state index is 0.000224. The molecule has 0 bridgehead atoms. The fraction of sp³-hybridized carbons (Fsp3) is 0.222. The molecule has 3 nitrogen and oxygen atoms in total. The van der Waals surface area contributed by atoms with Gasteiger partial charge in [0.15, 0.2) is 0 Å². The Bertz CT molecular complexity index is 870. The number of thiocarbonyl (C=S) groups is 1. The Labute approximate surface area is 159 Å². The number of halogens is 1. The van der Waals surface area contributed by atoms with Crippen molar-refractivity contribution in [1.82, 2.24) is 9.47 Å². The number of rotatable bonds is 3. The Hall–Kier alpha value is -1.37. The number of aromatic nitrogens is 1. The van der Waals surface area contributed by atoms with E-state index >= 15 is 0 Å². The largest absolute Gasteiger partial charge is 0.318 e. The number of likely N-dealkylation sites (N-methyl/N-ethyl adjacent to an activating group) is 1. The Kier molecular flexibility index (Phi) is 4.99. The topological polar surface area (TPSA) is 25.2 Å². The van der Waals surface area contributed by atoms with E-state index in [1.54, 1.807) is 4.90 Å². The molecule has 0 atom stereocenters. The zero-order valence-electron chi connectivity index (χ0n) is 13.7. The first-order valence-corrected chi connectivity index (χ1v) is 9.64. The third kappa shape index (κ3) is 3.10. The molecule has 1 aliphatic rings.